The highest BCUT2D eigenvalue weighted by atomic mass is 35.5. The Labute approximate surface area is 116 Å². The van der Waals surface area contributed by atoms with Crippen LogP contribution in [0.15, 0.2) is 52.3 Å². The van der Waals surface area contributed by atoms with Gasteiger partial charge in [-0.15, -0.1) is 0 Å². The maximum Gasteiger partial charge on any atom is 0.118 e. The predicted octanol–water partition coefficient (Wildman–Crippen LogP) is 3.99. The summed E-state index contributed by atoms with van der Waals surface area (Å²) >= 11 is 7.49. The van der Waals surface area contributed by atoms with E-state index in [0.29, 0.717) is 5.02 Å². The van der Waals surface area contributed by atoms with Gasteiger partial charge in [-0.1, -0.05) is 23.4 Å². The molecule has 0 unspecified atom stereocenters. The van der Waals surface area contributed by atoms with Crippen LogP contribution in [0.2, 0.25) is 5.02 Å². The number of halogens is 1. The molecule has 0 spiro atoms. The van der Waals surface area contributed by atoms with Crippen LogP contribution in [-0.2, 0) is 6.61 Å². The Hall–Kier alpha value is -1.16. The van der Waals surface area contributed by atoms with Crippen molar-refractivity contribution in [2.75, 3.05) is 7.11 Å². The Kier molecular flexibility index (Phi) is 4.53. The number of methoxy groups -OCH3 is 1. The fourth-order valence-electron chi connectivity index (χ4n) is 1.54. The van der Waals surface area contributed by atoms with E-state index in [-0.39, 0.29) is 6.61 Å². The molecule has 0 aromatic heterocycles. The standard InChI is InChI=1S/C14H13ClO2S/c1-17-12-3-5-13(6-4-12)18-14-7-2-11(15)8-10(14)9-16/h2-8,16H,9H2,1H3. The SMILES string of the molecule is COc1ccc(Sc2ccc(Cl)cc2CO)cc1. The summed E-state index contributed by atoms with van der Waals surface area (Å²) < 4.78 is 5.11. The summed E-state index contributed by atoms with van der Waals surface area (Å²) in [7, 11) is 1.64. The highest BCUT2D eigenvalue weighted by Crippen LogP contribution is 2.32. The van der Waals surface area contributed by atoms with Gasteiger partial charge in [0.05, 0.1) is 13.7 Å². The summed E-state index contributed by atoms with van der Waals surface area (Å²) in [6.07, 6.45) is 0. The van der Waals surface area contributed by atoms with Gasteiger partial charge >= 0.3 is 0 Å². The minimum Gasteiger partial charge on any atom is -0.497 e. The van der Waals surface area contributed by atoms with Crippen LogP contribution >= 0.6 is 23.4 Å². The fraction of sp³-hybridized carbons (Fsp3) is 0.143. The Morgan fingerprint density at radius 2 is 1.89 bits per heavy atom. The molecule has 0 fully saturated rings. The van der Waals surface area contributed by atoms with Gasteiger partial charge in [0.1, 0.15) is 5.75 Å². The Morgan fingerprint density at radius 1 is 1.17 bits per heavy atom. The number of hydrogen-bond acceptors (Lipinski definition) is 3. The van der Waals surface area contributed by atoms with E-state index in [1.54, 1.807) is 24.9 Å². The van der Waals surface area contributed by atoms with Gasteiger partial charge in [0.2, 0.25) is 0 Å². The lowest BCUT2D eigenvalue weighted by Crippen LogP contribution is -1.87. The Bertz CT molecular complexity index is 526. The quantitative estimate of drug-likeness (QED) is 0.918. The molecule has 2 aromatic carbocycles. The molecule has 2 rings (SSSR count). The van der Waals surface area contributed by atoms with E-state index in [2.05, 4.69) is 0 Å². The zero-order valence-electron chi connectivity index (χ0n) is 9.89. The summed E-state index contributed by atoms with van der Waals surface area (Å²) in [5.41, 5.74) is 0.836. The maximum absolute atomic E-state index is 9.31. The van der Waals surface area contributed by atoms with E-state index in [1.807, 2.05) is 36.4 Å². The average Bonchev–Trinajstić information content (AvgIpc) is 2.41. The van der Waals surface area contributed by atoms with Gasteiger partial charge < -0.3 is 9.84 Å². The smallest absolute Gasteiger partial charge is 0.118 e. The third kappa shape index (κ3) is 3.19. The van der Waals surface area contributed by atoms with Crippen molar-refractivity contribution in [3.8, 4) is 5.75 Å². The molecule has 0 amide bonds. The summed E-state index contributed by atoms with van der Waals surface area (Å²) in [6.45, 7) is -0.0148. The van der Waals surface area contributed by atoms with Crippen molar-refractivity contribution >= 4 is 23.4 Å². The first-order chi connectivity index (χ1) is 8.72. The third-order valence-corrected chi connectivity index (χ3v) is 3.84. The number of benzene rings is 2. The molecule has 0 bridgehead atoms. The number of aliphatic hydroxyl groups is 1. The first-order valence-corrected chi connectivity index (χ1v) is 6.63. The second-order valence-corrected chi connectivity index (χ2v) is 5.24. The van der Waals surface area contributed by atoms with E-state index < -0.39 is 0 Å². The molecule has 0 aliphatic rings. The summed E-state index contributed by atoms with van der Waals surface area (Å²) in [5, 5.41) is 9.95. The van der Waals surface area contributed by atoms with E-state index in [1.165, 1.54) is 0 Å². The van der Waals surface area contributed by atoms with E-state index in [9.17, 15) is 5.11 Å². The van der Waals surface area contributed by atoms with Crippen molar-refractivity contribution in [1.82, 2.24) is 0 Å². The lowest BCUT2D eigenvalue weighted by Gasteiger charge is -2.08. The van der Waals surface area contributed by atoms with Crippen LogP contribution in [0.3, 0.4) is 0 Å². The van der Waals surface area contributed by atoms with Crippen LogP contribution in [0.4, 0.5) is 0 Å². The van der Waals surface area contributed by atoms with E-state index in [0.717, 1.165) is 21.1 Å². The summed E-state index contributed by atoms with van der Waals surface area (Å²) in [5.74, 6) is 0.831. The lowest BCUT2D eigenvalue weighted by atomic mass is 10.2. The van der Waals surface area contributed by atoms with Crippen LogP contribution in [-0.4, -0.2) is 12.2 Å². The molecular weight excluding hydrogens is 268 g/mol. The molecule has 4 heteroatoms. The molecule has 0 aliphatic heterocycles. The second-order valence-electron chi connectivity index (χ2n) is 3.69. The van der Waals surface area contributed by atoms with Crippen molar-refractivity contribution in [1.29, 1.82) is 0 Å². The van der Waals surface area contributed by atoms with Crippen LogP contribution in [0.5, 0.6) is 5.75 Å². The van der Waals surface area contributed by atoms with Gasteiger partial charge in [-0.25, -0.2) is 0 Å². The van der Waals surface area contributed by atoms with E-state index in [4.69, 9.17) is 16.3 Å². The molecule has 0 saturated carbocycles. The third-order valence-electron chi connectivity index (χ3n) is 2.48. The molecular formula is C14H13ClO2S. The van der Waals surface area contributed by atoms with Crippen molar-refractivity contribution in [3.05, 3.63) is 53.1 Å². The normalized spacial score (nSPS) is 10.4. The van der Waals surface area contributed by atoms with Gasteiger partial charge in [-0.3, -0.25) is 0 Å². The molecule has 0 aliphatic carbocycles. The zero-order chi connectivity index (χ0) is 13.0. The first kappa shape index (κ1) is 13.3. The van der Waals surface area contributed by atoms with Gasteiger partial charge in [0.25, 0.3) is 0 Å². The highest BCUT2D eigenvalue weighted by molar-refractivity contribution is 7.99. The molecule has 2 nitrogen and oxygen atoms in total. The molecule has 18 heavy (non-hydrogen) atoms. The Balaban J connectivity index is 2.22. The average molecular weight is 281 g/mol. The van der Waals surface area contributed by atoms with Gasteiger partial charge in [0, 0.05) is 14.8 Å². The Morgan fingerprint density at radius 3 is 2.50 bits per heavy atom. The first-order valence-electron chi connectivity index (χ1n) is 5.44. The minimum atomic E-state index is -0.0148. The van der Waals surface area contributed by atoms with Crippen molar-refractivity contribution in [2.24, 2.45) is 0 Å². The van der Waals surface area contributed by atoms with E-state index >= 15 is 0 Å². The van der Waals surface area contributed by atoms with Crippen molar-refractivity contribution in [2.45, 2.75) is 16.4 Å². The molecule has 0 heterocycles. The van der Waals surface area contributed by atoms with Crippen LogP contribution in [0.25, 0.3) is 0 Å². The fourth-order valence-corrected chi connectivity index (χ4v) is 2.65. The van der Waals surface area contributed by atoms with Crippen LogP contribution < -0.4 is 4.74 Å². The topological polar surface area (TPSA) is 29.5 Å². The number of aliphatic hydroxyl groups excluding tert-OH is 1. The van der Waals surface area contributed by atoms with Gasteiger partial charge in [-0.05, 0) is 48.0 Å². The maximum atomic E-state index is 9.31. The summed E-state index contributed by atoms with van der Waals surface area (Å²) in [6, 6.07) is 13.3. The van der Waals surface area contributed by atoms with Crippen LogP contribution in [0.1, 0.15) is 5.56 Å². The number of rotatable bonds is 4. The molecule has 94 valence electrons. The van der Waals surface area contributed by atoms with Crippen molar-refractivity contribution in [3.63, 3.8) is 0 Å². The van der Waals surface area contributed by atoms with Gasteiger partial charge in [0.15, 0.2) is 0 Å². The molecule has 0 atom stereocenters. The van der Waals surface area contributed by atoms with Gasteiger partial charge in [-0.2, -0.15) is 0 Å². The lowest BCUT2D eigenvalue weighted by molar-refractivity contribution is 0.279. The highest BCUT2D eigenvalue weighted by Gasteiger charge is 2.05. The molecule has 2 aromatic rings. The number of ether oxygens (including phenoxy) is 1. The summed E-state index contributed by atoms with van der Waals surface area (Å²) in [4.78, 5) is 2.10. The molecule has 0 radical (unpaired) electrons. The molecule has 0 saturated heterocycles. The largest absolute Gasteiger partial charge is 0.497 e. The van der Waals surface area contributed by atoms with Crippen molar-refractivity contribution < 1.29 is 9.84 Å². The monoisotopic (exact) mass is 280 g/mol. The molecule has 1 N–H and O–H groups in total. The second kappa shape index (κ2) is 6.14. The number of hydrogen-bond donors (Lipinski definition) is 1. The zero-order valence-corrected chi connectivity index (χ0v) is 11.5. The van der Waals surface area contributed by atoms with Crippen LogP contribution in [0, 0.1) is 0 Å². The minimum absolute atomic E-state index is 0.0148. The predicted molar refractivity (Wildman–Crippen MR) is 74.5 cm³/mol.